The summed E-state index contributed by atoms with van der Waals surface area (Å²) in [6.45, 7) is 0. The summed E-state index contributed by atoms with van der Waals surface area (Å²) in [5.41, 5.74) is 0.364. The van der Waals surface area contributed by atoms with Crippen molar-refractivity contribution < 1.29 is 8.42 Å². The predicted molar refractivity (Wildman–Crippen MR) is 72.5 cm³/mol. The Morgan fingerprint density at radius 3 is 2.44 bits per heavy atom. The SMILES string of the molecule is O=S(=O)(Nc1[c]cccc1)c1ccc(Cl)c(Cl)c1. The zero-order valence-corrected chi connectivity index (χ0v) is 11.4. The number of hydrogen-bond donors (Lipinski definition) is 1. The third-order valence-electron chi connectivity index (χ3n) is 2.15. The van der Waals surface area contributed by atoms with E-state index in [2.05, 4.69) is 10.8 Å². The lowest BCUT2D eigenvalue weighted by atomic mass is 10.3. The van der Waals surface area contributed by atoms with Crippen LogP contribution in [0.1, 0.15) is 0 Å². The van der Waals surface area contributed by atoms with Crippen LogP contribution in [-0.4, -0.2) is 8.42 Å². The Hall–Kier alpha value is -1.23. The fraction of sp³-hybridized carbons (Fsp3) is 0. The molecule has 6 heteroatoms. The molecule has 1 radical (unpaired) electrons. The molecule has 0 atom stereocenters. The van der Waals surface area contributed by atoms with Gasteiger partial charge in [0, 0.05) is 6.07 Å². The van der Waals surface area contributed by atoms with E-state index in [9.17, 15) is 8.42 Å². The average Bonchev–Trinajstić information content (AvgIpc) is 2.33. The summed E-state index contributed by atoms with van der Waals surface area (Å²) in [6.07, 6.45) is 0. The van der Waals surface area contributed by atoms with Crippen LogP contribution in [0.5, 0.6) is 0 Å². The van der Waals surface area contributed by atoms with Crippen molar-refractivity contribution in [1.29, 1.82) is 0 Å². The first-order valence-electron chi connectivity index (χ1n) is 4.93. The van der Waals surface area contributed by atoms with Crippen molar-refractivity contribution in [3.05, 3.63) is 58.6 Å². The number of sulfonamides is 1. The van der Waals surface area contributed by atoms with Crippen LogP contribution in [0.25, 0.3) is 0 Å². The molecule has 0 amide bonds. The fourth-order valence-electron chi connectivity index (χ4n) is 1.30. The summed E-state index contributed by atoms with van der Waals surface area (Å²) in [7, 11) is -3.68. The van der Waals surface area contributed by atoms with E-state index in [1.54, 1.807) is 24.3 Å². The summed E-state index contributed by atoms with van der Waals surface area (Å²) in [4.78, 5) is 0.0501. The first-order valence-corrected chi connectivity index (χ1v) is 7.17. The standard InChI is InChI=1S/C12H8Cl2NO2S/c13-11-7-6-10(8-12(11)14)18(16,17)15-9-4-2-1-3-5-9/h1-4,6-8,15H. The highest BCUT2D eigenvalue weighted by Gasteiger charge is 2.15. The van der Waals surface area contributed by atoms with Crippen LogP contribution >= 0.6 is 23.2 Å². The molecule has 0 fully saturated rings. The summed E-state index contributed by atoms with van der Waals surface area (Å²) < 4.78 is 26.5. The molecule has 0 saturated carbocycles. The van der Waals surface area contributed by atoms with Crippen LogP contribution in [0.15, 0.2) is 47.4 Å². The van der Waals surface area contributed by atoms with Crippen LogP contribution in [0, 0.1) is 6.07 Å². The number of hydrogen-bond acceptors (Lipinski definition) is 2. The van der Waals surface area contributed by atoms with E-state index >= 15 is 0 Å². The molecule has 3 nitrogen and oxygen atoms in total. The first-order chi connectivity index (χ1) is 8.49. The molecule has 2 aromatic carbocycles. The van der Waals surface area contributed by atoms with Gasteiger partial charge in [0.15, 0.2) is 0 Å². The third-order valence-corrected chi connectivity index (χ3v) is 4.26. The van der Waals surface area contributed by atoms with E-state index in [-0.39, 0.29) is 9.92 Å². The molecule has 0 unspecified atom stereocenters. The number of benzene rings is 2. The lowest BCUT2D eigenvalue weighted by Crippen LogP contribution is -2.12. The minimum absolute atomic E-state index is 0.0501. The molecule has 1 N–H and O–H groups in total. The van der Waals surface area contributed by atoms with Crippen molar-refractivity contribution in [2.45, 2.75) is 4.90 Å². The van der Waals surface area contributed by atoms with Crippen molar-refractivity contribution in [3.63, 3.8) is 0 Å². The van der Waals surface area contributed by atoms with Crippen molar-refractivity contribution in [3.8, 4) is 0 Å². The van der Waals surface area contributed by atoms with Gasteiger partial charge in [0.25, 0.3) is 10.0 Å². The van der Waals surface area contributed by atoms with E-state index in [1.807, 2.05) is 0 Å². The van der Waals surface area contributed by atoms with Gasteiger partial charge in [0.2, 0.25) is 0 Å². The minimum atomic E-state index is -3.68. The normalized spacial score (nSPS) is 11.2. The molecule has 2 rings (SSSR count). The van der Waals surface area contributed by atoms with Gasteiger partial charge in [-0.1, -0.05) is 41.4 Å². The topological polar surface area (TPSA) is 46.2 Å². The minimum Gasteiger partial charge on any atom is -0.279 e. The second-order valence-electron chi connectivity index (χ2n) is 3.46. The molecule has 2 aromatic rings. The molecule has 0 heterocycles. The van der Waals surface area contributed by atoms with Gasteiger partial charge in [0.1, 0.15) is 0 Å². The molecular weight excluding hydrogens is 293 g/mol. The van der Waals surface area contributed by atoms with Gasteiger partial charge in [-0.05, 0) is 24.3 Å². The van der Waals surface area contributed by atoms with Gasteiger partial charge >= 0.3 is 0 Å². The molecule has 0 aromatic heterocycles. The van der Waals surface area contributed by atoms with Crippen molar-refractivity contribution in [1.82, 2.24) is 0 Å². The molecule has 0 bridgehead atoms. The van der Waals surface area contributed by atoms with Gasteiger partial charge < -0.3 is 0 Å². The maximum atomic E-state index is 12.0. The Bertz CT molecular complexity index is 657. The van der Waals surface area contributed by atoms with Crippen LogP contribution in [0.3, 0.4) is 0 Å². The molecule has 18 heavy (non-hydrogen) atoms. The van der Waals surface area contributed by atoms with E-state index < -0.39 is 10.0 Å². The van der Waals surface area contributed by atoms with Crippen molar-refractivity contribution in [2.75, 3.05) is 4.72 Å². The highest BCUT2D eigenvalue weighted by molar-refractivity contribution is 7.92. The highest BCUT2D eigenvalue weighted by Crippen LogP contribution is 2.25. The Balaban J connectivity index is 2.34. The maximum absolute atomic E-state index is 12.0. The second-order valence-corrected chi connectivity index (χ2v) is 5.95. The van der Waals surface area contributed by atoms with Crippen LogP contribution in [-0.2, 0) is 10.0 Å². The van der Waals surface area contributed by atoms with Crippen molar-refractivity contribution in [2.24, 2.45) is 0 Å². The molecular formula is C12H8Cl2NO2S. The van der Waals surface area contributed by atoms with Crippen LogP contribution < -0.4 is 4.72 Å². The summed E-state index contributed by atoms with van der Waals surface area (Å²) in [5, 5.41) is 0.499. The number of nitrogens with one attached hydrogen (secondary N) is 1. The Labute approximate surface area is 115 Å². The van der Waals surface area contributed by atoms with Gasteiger partial charge in [-0.15, -0.1) is 0 Å². The zero-order valence-electron chi connectivity index (χ0n) is 9.02. The van der Waals surface area contributed by atoms with E-state index in [0.717, 1.165) is 0 Å². The fourth-order valence-corrected chi connectivity index (χ4v) is 2.72. The monoisotopic (exact) mass is 300 g/mol. The lowest BCUT2D eigenvalue weighted by molar-refractivity contribution is 0.601. The van der Waals surface area contributed by atoms with Gasteiger partial charge in [-0.3, -0.25) is 4.72 Å². The van der Waals surface area contributed by atoms with E-state index in [4.69, 9.17) is 23.2 Å². The number of anilines is 1. The zero-order chi connectivity index (χ0) is 13.2. The number of rotatable bonds is 3. The average molecular weight is 301 g/mol. The Morgan fingerprint density at radius 1 is 1.06 bits per heavy atom. The van der Waals surface area contributed by atoms with Crippen molar-refractivity contribution >= 4 is 38.9 Å². The third kappa shape index (κ3) is 2.96. The summed E-state index contributed by atoms with van der Waals surface area (Å²) >= 11 is 11.5. The molecule has 93 valence electrons. The molecule has 0 aliphatic heterocycles. The van der Waals surface area contributed by atoms with Gasteiger partial charge in [-0.2, -0.15) is 0 Å². The van der Waals surface area contributed by atoms with Crippen LogP contribution in [0.2, 0.25) is 10.0 Å². The molecule has 0 aliphatic rings. The summed E-state index contributed by atoms with van der Waals surface area (Å²) in [6, 6.07) is 13.6. The van der Waals surface area contributed by atoms with E-state index in [1.165, 1.54) is 18.2 Å². The molecule has 0 saturated heterocycles. The van der Waals surface area contributed by atoms with Gasteiger partial charge in [-0.25, -0.2) is 8.42 Å². The molecule has 0 spiro atoms. The lowest BCUT2D eigenvalue weighted by Gasteiger charge is -2.08. The largest absolute Gasteiger partial charge is 0.279 e. The predicted octanol–water partition coefficient (Wildman–Crippen LogP) is 3.59. The highest BCUT2D eigenvalue weighted by atomic mass is 35.5. The Kier molecular flexibility index (Phi) is 3.80. The maximum Gasteiger partial charge on any atom is 0.261 e. The molecule has 0 aliphatic carbocycles. The second kappa shape index (κ2) is 5.18. The first kappa shape index (κ1) is 13.2. The van der Waals surface area contributed by atoms with Gasteiger partial charge in [0.05, 0.1) is 20.6 Å². The van der Waals surface area contributed by atoms with E-state index in [0.29, 0.717) is 10.7 Å². The summed E-state index contributed by atoms with van der Waals surface area (Å²) in [5.74, 6) is 0. The quantitative estimate of drug-likeness (QED) is 0.941. The number of halogens is 2. The Morgan fingerprint density at radius 2 is 1.83 bits per heavy atom. The van der Waals surface area contributed by atoms with Crippen LogP contribution in [0.4, 0.5) is 5.69 Å². The number of para-hydroxylation sites is 1. The smallest absolute Gasteiger partial charge is 0.261 e.